The molecule has 0 aromatic heterocycles. The lowest BCUT2D eigenvalue weighted by molar-refractivity contribution is -0.0788. The molecule has 0 aliphatic rings. The molecular formula is C12H27O5P. The van der Waals surface area contributed by atoms with Crippen LogP contribution in [-0.2, 0) is 18.7 Å². The van der Waals surface area contributed by atoms with Crippen LogP contribution < -0.4 is 0 Å². The van der Waals surface area contributed by atoms with Crippen LogP contribution >= 0.6 is 9.47 Å². The van der Waals surface area contributed by atoms with Gasteiger partial charge in [-0.05, 0) is 27.7 Å². The molecule has 0 amide bonds. The van der Waals surface area contributed by atoms with Gasteiger partial charge in [0.05, 0.1) is 50.8 Å². The second-order valence-corrected chi connectivity index (χ2v) is 4.95. The van der Waals surface area contributed by atoms with Gasteiger partial charge in [0.2, 0.25) is 0 Å². The highest BCUT2D eigenvalue weighted by Crippen LogP contribution is 2.02. The minimum atomic E-state index is -0.442. The number of rotatable bonds is 11. The predicted octanol–water partition coefficient (Wildman–Crippen LogP) is 1.39. The lowest BCUT2D eigenvalue weighted by Gasteiger charge is -2.20. The summed E-state index contributed by atoms with van der Waals surface area (Å²) in [6, 6.07) is 0. The number of aliphatic hydroxyl groups is 1. The maximum atomic E-state index is 9.07. The van der Waals surface area contributed by atoms with Crippen molar-refractivity contribution in [1.82, 2.24) is 0 Å². The van der Waals surface area contributed by atoms with Crippen LogP contribution in [-0.4, -0.2) is 55.9 Å². The van der Waals surface area contributed by atoms with Gasteiger partial charge < -0.3 is 23.8 Å². The minimum absolute atomic E-state index is 0.0177. The monoisotopic (exact) mass is 282 g/mol. The summed E-state index contributed by atoms with van der Waals surface area (Å²) in [7, 11) is 2.20. The van der Waals surface area contributed by atoms with Gasteiger partial charge in [0.1, 0.15) is 0 Å². The molecule has 5 nitrogen and oxygen atoms in total. The Bertz CT molecular complexity index is 191. The smallest absolute Gasteiger partial charge is 0.0788 e. The standard InChI is InChI=1S/C12H27O5P/c1-9(13)5-15-10(2)6-14-7-11(3)17-12(4)8-16-18/h9-13H,5-8,18H2,1-4H3. The van der Waals surface area contributed by atoms with Gasteiger partial charge in [0.25, 0.3) is 0 Å². The molecule has 18 heavy (non-hydrogen) atoms. The Morgan fingerprint density at radius 1 is 0.889 bits per heavy atom. The number of hydrogen-bond donors (Lipinski definition) is 1. The van der Waals surface area contributed by atoms with Crippen molar-refractivity contribution in [2.75, 3.05) is 26.4 Å². The maximum Gasteiger partial charge on any atom is 0.0788 e. The van der Waals surface area contributed by atoms with E-state index in [1.807, 2.05) is 20.8 Å². The molecule has 0 aromatic rings. The predicted molar refractivity (Wildman–Crippen MR) is 73.6 cm³/mol. The molecule has 0 saturated heterocycles. The number of aliphatic hydroxyl groups excluding tert-OH is 1. The number of ether oxygens (including phenoxy) is 3. The minimum Gasteiger partial charge on any atom is -0.391 e. The first kappa shape index (κ1) is 18.2. The molecule has 0 spiro atoms. The average Bonchev–Trinajstić information content (AvgIpc) is 2.26. The van der Waals surface area contributed by atoms with Gasteiger partial charge in [-0.15, -0.1) is 0 Å². The van der Waals surface area contributed by atoms with E-state index >= 15 is 0 Å². The first-order chi connectivity index (χ1) is 8.45. The van der Waals surface area contributed by atoms with E-state index in [-0.39, 0.29) is 18.3 Å². The molecule has 0 fully saturated rings. The summed E-state index contributed by atoms with van der Waals surface area (Å²) >= 11 is 0. The summed E-state index contributed by atoms with van der Waals surface area (Å²) in [5.41, 5.74) is 0. The van der Waals surface area contributed by atoms with E-state index < -0.39 is 6.10 Å². The van der Waals surface area contributed by atoms with Gasteiger partial charge in [-0.25, -0.2) is 0 Å². The Hall–Kier alpha value is 0.230. The third-order valence-electron chi connectivity index (χ3n) is 2.12. The highest BCUT2D eigenvalue weighted by Gasteiger charge is 2.10. The van der Waals surface area contributed by atoms with Crippen molar-refractivity contribution < 1.29 is 23.8 Å². The molecule has 0 bridgehead atoms. The summed E-state index contributed by atoms with van der Waals surface area (Å²) in [6.07, 6.45) is -0.406. The largest absolute Gasteiger partial charge is 0.391 e. The summed E-state index contributed by atoms with van der Waals surface area (Å²) in [5.74, 6) is 0. The lowest BCUT2D eigenvalue weighted by atomic mass is 10.3. The quantitative estimate of drug-likeness (QED) is 0.580. The molecule has 0 aliphatic carbocycles. The molecule has 0 aromatic carbocycles. The Balaban J connectivity index is 3.52. The van der Waals surface area contributed by atoms with Crippen LogP contribution in [0.25, 0.3) is 0 Å². The van der Waals surface area contributed by atoms with Crippen molar-refractivity contribution in [2.24, 2.45) is 0 Å². The van der Waals surface area contributed by atoms with Crippen molar-refractivity contribution in [2.45, 2.75) is 52.1 Å². The number of hydrogen-bond acceptors (Lipinski definition) is 5. The molecular weight excluding hydrogens is 255 g/mol. The Morgan fingerprint density at radius 2 is 1.44 bits per heavy atom. The first-order valence-electron chi connectivity index (χ1n) is 6.30. The summed E-state index contributed by atoms with van der Waals surface area (Å²) in [5, 5.41) is 9.07. The molecule has 5 unspecified atom stereocenters. The topological polar surface area (TPSA) is 57.2 Å². The van der Waals surface area contributed by atoms with Crippen molar-refractivity contribution >= 4 is 9.47 Å². The van der Waals surface area contributed by atoms with Gasteiger partial charge in [0, 0.05) is 9.47 Å². The van der Waals surface area contributed by atoms with Gasteiger partial charge in [-0.1, -0.05) is 0 Å². The normalized spacial score (nSPS) is 18.3. The molecule has 5 atom stereocenters. The molecule has 0 radical (unpaired) electrons. The fourth-order valence-electron chi connectivity index (χ4n) is 1.36. The average molecular weight is 282 g/mol. The molecule has 0 heterocycles. The van der Waals surface area contributed by atoms with E-state index in [9.17, 15) is 0 Å². The van der Waals surface area contributed by atoms with Crippen molar-refractivity contribution in [1.29, 1.82) is 0 Å². The zero-order chi connectivity index (χ0) is 14.0. The zero-order valence-corrected chi connectivity index (χ0v) is 13.0. The van der Waals surface area contributed by atoms with Crippen LogP contribution in [0.4, 0.5) is 0 Å². The highest BCUT2D eigenvalue weighted by atomic mass is 31.0. The van der Waals surface area contributed by atoms with Gasteiger partial charge >= 0.3 is 0 Å². The van der Waals surface area contributed by atoms with Gasteiger partial charge in [-0.2, -0.15) is 0 Å². The van der Waals surface area contributed by atoms with E-state index in [0.29, 0.717) is 26.4 Å². The molecule has 110 valence electrons. The van der Waals surface area contributed by atoms with Crippen molar-refractivity contribution in [3.63, 3.8) is 0 Å². The van der Waals surface area contributed by atoms with Gasteiger partial charge in [-0.3, -0.25) is 0 Å². The third-order valence-corrected chi connectivity index (χ3v) is 2.32. The van der Waals surface area contributed by atoms with Crippen LogP contribution in [0.3, 0.4) is 0 Å². The Labute approximate surface area is 112 Å². The zero-order valence-electron chi connectivity index (χ0n) is 11.8. The first-order valence-corrected chi connectivity index (χ1v) is 6.77. The van der Waals surface area contributed by atoms with Crippen molar-refractivity contribution in [3.8, 4) is 0 Å². The van der Waals surface area contributed by atoms with E-state index in [1.54, 1.807) is 6.92 Å². The fraction of sp³-hybridized carbons (Fsp3) is 1.00. The summed E-state index contributed by atoms with van der Waals surface area (Å²) in [6.45, 7) is 9.41. The van der Waals surface area contributed by atoms with Crippen LogP contribution in [0.15, 0.2) is 0 Å². The van der Waals surface area contributed by atoms with Crippen LogP contribution in [0.5, 0.6) is 0 Å². The summed E-state index contributed by atoms with van der Waals surface area (Å²) < 4.78 is 21.4. The lowest BCUT2D eigenvalue weighted by Crippen LogP contribution is -2.27. The molecule has 0 rings (SSSR count). The fourth-order valence-corrected chi connectivity index (χ4v) is 1.63. The van der Waals surface area contributed by atoms with Crippen LogP contribution in [0.2, 0.25) is 0 Å². The molecule has 0 saturated carbocycles. The second-order valence-electron chi connectivity index (χ2n) is 4.62. The van der Waals surface area contributed by atoms with E-state index in [0.717, 1.165) is 0 Å². The summed E-state index contributed by atoms with van der Waals surface area (Å²) in [4.78, 5) is 0. The van der Waals surface area contributed by atoms with E-state index in [1.165, 1.54) is 0 Å². The SMILES string of the molecule is CC(O)COC(C)COCC(C)OC(C)COP. The van der Waals surface area contributed by atoms with E-state index in [4.69, 9.17) is 23.8 Å². The Kier molecular flexibility index (Phi) is 11.2. The van der Waals surface area contributed by atoms with E-state index in [2.05, 4.69) is 9.47 Å². The van der Waals surface area contributed by atoms with Crippen LogP contribution in [0, 0.1) is 0 Å². The highest BCUT2D eigenvalue weighted by molar-refractivity contribution is 7.09. The Morgan fingerprint density at radius 3 is 2.00 bits per heavy atom. The van der Waals surface area contributed by atoms with Crippen molar-refractivity contribution in [3.05, 3.63) is 0 Å². The maximum absolute atomic E-state index is 9.07. The molecule has 0 aliphatic heterocycles. The third kappa shape index (κ3) is 11.3. The molecule has 1 N–H and O–H groups in total. The van der Waals surface area contributed by atoms with Gasteiger partial charge in [0.15, 0.2) is 0 Å². The van der Waals surface area contributed by atoms with Crippen LogP contribution in [0.1, 0.15) is 27.7 Å². The second kappa shape index (κ2) is 11.1. The molecule has 6 heteroatoms.